The van der Waals surface area contributed by atoms with Crippen molar-refractivity contribution in [3.63, 3.8) is 0 Å². The number of rotatable bonds is 0. The van der Waals surface area contributed by atoms with Crippen molar-refractivity contribution >= 4 is 12.6 Å². The zero-order chi connectivity index (χ0) is 7.03. The standard InChI is InChI=1S/C7H12O2S/c10-6-1-3-9-7(6)2-4-8-5-7/h6,10H,1-5H2. The maximum atomic E-state index is 5.61. The molecule has 2 unspecified atom stereocenters. The molecular weight excluding hydrogens is 148 g/mol. The second-order valence-corrected chi connectivity index (χ2v) is 3.64. The van der Waals surface area contributed by atoms with E-state index in [0.717, 1.165) is 32.7 Å². The Balaban J connectivity index is 2.11. The van der Waals surface area contributed by atoms with Gasteiger partial charge in [-0.15, -0.1) is 0 Å². The van der Waals surface area contributed by atoms with Crippen molar-refractivity contribution in [2.45, 2.75) is 23.7 Å². The molecule has 0 radical (unpaired) electrons. The smallest absolute Gasteiger partial charge is 0.105 e. The molecule has 0 aliphatic carbocycles. The molecule has 0 amide bonds. The Hall–Kier alpha value is 0.270. The van der Waals surface area contributed by atoms with E-state index < -0.39 is 0 Å². The minimum absolute atomic E-state index is 0.0108. The van der Waals surface area contributed by atoms with Crippen molar-refractivity contribution in [1.82, 2.24) is 0 Å². The summed E-state index contributed by atoms with van der Waals surface area (Å²) in [4.78, 5) is 0. The van der Waals surface area contributed by atoms with Gasteiger partial charge in [0.05, 0.1) is 6.61 Å². The van der Waals surface area contributed by atoms with E-state index >= 15 is 0 Å². The van der Waals surface area contributed by atoms with Crippen LogP contribution in [-0.2, 0) is 9.47 Å². The van der Waals surface area contributed by atoms with Gasteiger partial charge in [0, 0.05) is 24.9 Å². The fraction of sp³-hybridized carbons (Fsp3) is 1.00. The molecule has 2 aliphatic rings. The summed E-state index contributed by atoms with van der Waals surface area (Å²) in [6, 6.07) is 0. The molecular formula is C7H12O2S. The number of ether oxygens (including phenoxy) is 2. The van der Waals surface area contributed by atoms with E-state index in [9.17, 15) is 0 Å². The van der Waals surface area contributed by atoms with Crippen molar-refractivity contribution in [1.29, 1.82) is 0 Å². The first-order chi connectivity index (χ1) is 4.83. The van der Waals surface area contributed by atoms with Gasteiger partial charge in [0.1, 0.15) is 5.60 Å². The van der Waals surface area contributed by atoms with E-state index in [-0.39, 0.29) is 5.60 Å². The van der Waals surface area contributed by atoms with Crippen LogP contribution in [-0.4, -0.2) is 30.7 Å². The lowest BCUT2D eigenvalue weighted by molar-refractivity contribution is -0.000195. The Morgan fingerprint density at radius 2 is 2.30 bits per heavy atom. The van der Waals surface area contributed by atoms with Gasteiger partial charge in [-0.2, -0.15) is 12.6 Å². The second kappa shape index (κ2) is 2.40. The predicted octanol–water partition coefficient (Wildman–Crippen LogP) is 0.864. The van der Waals surface area contributed by atoms with Crippen LogP contribution in [0.2, 0.25) is 0 Å². The van der Waals surface area contributed by atoms with Crippen LogP contribution < -0.4 is 0 Å². The first kappa shape index (κ1) is 6.95. The minimum atomic E-state index is -0.0108. The van der Waals surface area contributed by atoms with Gasteiger partial charge in [0.25, 0.3) is 0 Å². The Kier molecular flexibility index (Phi) is 1.66. The topological polar surface area (TPSA) is 18.5 Å². The van der Waals surface area contributed by atoms with E-state index in [1.54, 1.807) is 0 Å². The molecule has 0 aromatic rings. The maximum absolute atomic E-state index is 5.61. The van der Waals surface area contributed by atoms with Crippen LogP contribution >= 0.6 is 12.6 Å². The highest BCUT2D eigenvalue weighted by molar-refractivity contribution is 7.81. The number of hydrogen-bond acceptors (Lipinski definition) is 3. The summed E-state index contributed by atoms with van der Waals surface area (Å²) >= 11 is 4.47. The highest BCUT2D eigenvalue weighted by Gasteiger charge is 2.45. The zero-order valence-corrected chi connectivity index (χ0v) is 6.77. The number of hydrogen-bond donors (Lipinski definition) is 1. The molecule has 0 bridgehead atoms. The molecule has 3 heteroatoms. The molecule has 58 valence electrons. The fourth-order valence-corrected chi connectivity index (χ4v) is 2.06. The molecule has 2 heterocycles. The van der Waals surface area contributed by atoms with Gasteiger partial charge in [-0.25, -0.2) is 0 Å². The average Bonchev–Trinajstić information content (AvgIpc) is 2.48. The summed E-state index contributed by atoms with van der Waals surface area (Å²) in [7, 11) is 0. The van der Waals surface area contributed by atoms with Crippen LogP contribution in [0.5, 0.6) is 0 Å². The SMILES string of the molecule is SC1CCOC12CCOC2. The first-order valence-electron chi connectivity index (χ1n) is 3.73. The normalized spacial score (nSPS) is 47.1. The molecule has 2 rings (SSSR count). The summed E-state index contributed by atoms with van der Waals surface area (Å²) in [5.74, 6) is 0. The van der Waals surface area contributed by atoms with E-state index in [2.05, 4.69) is 12.6 Å². The van der Waals surface area contributed by atoms with Gasteiger partial charge in [-0.05, 0) is 6.42 Å². The molecule has 0 N–H and O–H groups in total. The van der Waals surface area contributed by atoms with Crippen molar-refractivity contribution in [3.8, 4) is 0 Å². The first-order valence-corrected chi connectivity index (χ1v) is 4.25. The molecule has 2 fully saturated rings. The van der Waals surface area contributed by atoms with Crippen LogP contribution in [0.1, 0.15) is 12.8 Å². The molecule has 2 saturated heterocycles. The predicted molar refractivity (Wildman–Crippen MR) is 41.5 cm³/mol. The van der Waals surface area contributed by atoms with E-state index in [0.29, 0.717) is 5.25 Å². The van der Waals surface area contributed by atoms with E-state index in [4.69, 9.17) is 9.47 Å². The lowest BCUT2D eigenvalue weighted by Gasteiger charge is -2.24. The van der Waals surface area contributed by atoms with Crippen LogP contribution in [0.25, 0.3) is 0 Å². The summed E-state index contributed by atoms with van der Waals surface area (Å²) in [6.07, 6.45) is 2.10. The lowest BCUT2D eigenvalue weighted by atomic mass is 9.99. The van der Waals surface area contributed by atoms with Crippen LogP contribution in [0, 0.1) is 0 Å². The fourth-order valence-electron chi connectivity index (χ4n) is 1.67. The average molecular weight is 160 g/mol. The van der Waals surface area contributed by atoms with Gasteiger partial charge < -0.3 is 9.47 Å². The monoisotopic (exact) mass is 160 g/mol. The minimum Gasteiger partial charge on any atom is -0.378 e. The molecule has 0 saturated carbocycles. The third-order valence-electron chi connectivity index (χ3n) is 2.40. The van der Waals surface area contributed by atoms with Gasteiger partial charge in [0.2, 0.25) is 0 Å². The van der Waals surface area contributed by atoms with Crippen molar-refractivity contribution in [3.05, 3.63) is 0 Å². The molecule has 0 aromatic heterocycles. The molecule has 2 aliphatic heterocycles. The van der Waals surface area contributed by atoms with Gasteiger partial charge in [0.15, 0.2) is 0 Å². The third kappa shape index (κ3) is 0.881. The lowest BCUT2D eigenvalue weighted by Crippen LogP contribution is -2.36. The van der Waals surface area contributed by atoms with Gasteiger partial charge >= 0.3 is 0 Å². The van der Waals surface area contributed by atoms with Crippen LogP contribution in [0.4, 0.5) is 0 Å². The van der Waals surface area contributed by atoms with E-state index in [1.807, 2.05) is 0 Å². The Bertz CT molecular complexity index is 126. The number of thiol groups is 1. The molecule has 0 aromatic carbocycles. The largest absolute Gasteiger partial charge is 0.378 e. The van der Waals surface area contributed by atoms with Crippen LogP contribution in [0.15, 0.2) is 0 Å². The molecule has 10 heavy (non-hydrogen) atoms. The van der Waals surface area contributed by atoms with Crippen molar-refractivity contribution in [2.75, 3.05) is 19.8 Å². The molecule has 2 atom stereocenters. The maximum Gasteiger partial charge on any atom is 0.105 e. The Morgan fingerprint density at radius 1 is 1.40 bits per heavy atom. The summed E-state index contributed by atoms with van der Waals surface area (Å²) in [6.45, 7) is 2.45. The second-order valence-electron chi connectivity index (χ2n) is 3.02. The zero-order valence-electron chi connectivity index (χ0n) is 5.88. The third-order valence-corrected chi connectivity index (χ3v) is 3.13. The summed E-state index contributed by atoms with van der Waals surface area (Å²) in [5.41, 5.74) is -0.0108. The Morgan fingerprint density at radius 3 is 2.80 bits per heavy atom. The van der Waals surface area contributed by atoms with Gasteiger partial charge in [-0.1, -0.05) is 0 Å². The van der Waals surface area contributed by atoms with Crippen LogP contribution in [0.3, 0.4) is 0 Å². The summed E-state index contributed by atoms with van der Waals surface area (Å²) in [5, 5.41) is 0.398. The van der Waals surface area contributed by atoms with E-state index in [1.165, 1.54) is 0 Å². The highest BCUT2D eigenvalue weighted by atomic mass is 32.1. The quantitative estimate of drug-likeness (QED) is 0.530. The van der Waals surface area contributed by atoms with Gasteiger partial charge in [-0.3, -0.25) is 0 Å². The Labute approximate surface area is 66.3 Å². The van der Waals surface area contributed by atoms with Crippen molar-refractivity contribution < 1.29 is 9.47 Å². The highest BCUT2D eigenvalue weighted by Crippen LogP contribution is 2.36. The summed E-state index contributed by atoms with van der Waals surface area (Å²) < 4.78 is 10.9. The van der Waals surface area contributed by atoms with Crippen molar-refractivity contribution in [2.24, 2.45) is 0 Å². The molecule has 2 nitrogen and oxygen atoms in total. The molecule has 1 spiro atoms.